The van der Waals surface area contributed by atoms with Gasteiger partial charge in [-0.2, -0.15) is 0 Å². The highest BCUT2D eigenvalue weighted by Gasteiger charge is 2.20. The average molecular weight is 233 g/mol. The molecule has 0 bridgehead atoms. The van der Waals surface area contributed by atoms with Crippen LogP contribution in [-0.2, 0) is 11.2 Å². The van der Waals surface area contributed by atoms with Gasteiger partial charge in [0.1, 0.15) is 5.78 Å². The summed E-state index contributed by atoms with van der Waals surface area (Å²) in [5, 5.41) is 0. The van der Waals surface area contributed by atoms with Gasteiger partial charge in [-0.3, -0.25) is 4.79 Å². The van der Waals surface area contributed by atoms with E-state index in [-0.39, 0.29) is 17.2 Å². The highest BCUT2D eigenvalue weighted by Crippen LogP contribution is 2.20. The molecule has 0 radical (unpaired) electrons. The van der Waals surface area contributed by atoms with E-state index < -0.39 is 0 Å². The zero-order valence-electron chi connectivity index (χ0n) is 11.1. The smallest absolute Gasteiger partial charge is 0.150 e. The maximum Gasteiger partial charge on any atom is 0.150 e. The number of hydrogen-bond acceptors (Lipinski definition) is 2. The molecule has 0 aliphatic heterocycles. The lowest BCUT2D eigenvalue weighted by Crippen LogP contribution is -2.33. The van der Waals surface area contributed by atoms with Crippen molar-refractivity contribution in [3.63, 3.8) is 0 Å². The van der Waals surface area contributed by atoms with Crippen molar-refractivity contribution in [2.75, 3.05) is 0 Å². The third kappa shape index (κ3) is 5.64. The van der Waals surface area contributed by atoms with Gasteiger partial charge < -0.3 is 5.73 Å². The van der Waals surface area contributed by atoms with Crippen molar-refractivity contribution in [3.05, 3.63) is 35.9 Å². The molecule has 2 heteroatoms. The van der Waals surface area contributed by atoms with Crippen molar-refractivity contribution in [1.82, 2.24) is 0 Å². The monoisotopic (exact) mass is 233 g/mol. The van der Waals surface area contributed by atoms with Crippen molar-refractivity contribution < 1.29 is 4.79 Å². The Bertz CT molecular complexity index is 351. The number of Topliss-reactive ketones (excluding diaryl/α,β-unsaturated/α-hetero) is 1. The Morgan fingerprint density at radius 1 is 1.24 bits per heavy atom. The average Bonchev–Trinajstić information content (AvgIpc) is 2.25. The van der Waals surface area contributed by atoms with E-state index in [1.54, 1.807) is 0 Å². The van der Waals surface area contributed by atoms with E-state index in [2.05, 4.69) is 32.9 Å². The molecule has 1 aromatic carbocycles. The van der Waals surface area contributed by atoms with Crippen molar-refractivity contribution in [2.45, 2.75) is 46.1 Å². The normalized spacial score (nSPS) is 13.4. The lowest BCUT2D eigenvalue weighted by Gasteiger charge is -2.19. The second-order valence-electron chi connectivity index (χ2n) is 5.83. The molecule has 1 rings (SSSR count). The summed E-state index contributed by atoms with van der Waals surface area (Å²) >= 11 is 0. The van der Waals surface area contributed by atoms with Gasteiger partial charge in [-0.1, -0.05) is 51.1 Å². The zero-order valence-corrected chi connectivity index (χ0v) is 11.1. The summed E-state index contributed by atoms with van der Waals surface area (Å²) in [6, 6.07) is 9.83. The van der Waals surface area contributed by atoms with Gasteiger partial charge in [0.15, 0.2) is 0 Å². The van der Waals surface area contributed by atoms with Gasteiger partial charge >= 0.3 is 0 Å². The van der Waals surface area contributed by atoms with E-state index in [0.717, 1.165) is 12.8 Å². The van der Waals surface area contributed by atoms with Crippen LogP contribution in [0.1, 0.15) is 39.2 Å². The van der Waals surface area contributed by atoms with Gasteiger partial charge in [-0.25, -0.2) is 0 Å². The molecule has 1 atom stereocenters. The zero-order chi connectivity index (χ0) is 12.9. The van der Waals surface area contributed by atoms with E-state index in [0.29, 0.717) is 6.42 Å². The van der Waals surface area contributed by atoms with Crippen molar-refractivity contribution in [2.24, 2.45) is 11.1 Å². The Hall–Kier alpha value is -1.15. The molecule has 0 saturated carbocycles. The molecule has 0 fully saturated rings. The van der Waals surface area contributed by atoms with E-state index >= 15 is 0 Å². The number of carbonyl (C=O) groups excluding carboxylic acids is 1. The molecule has 0 heterocycles. The number of carbonyl (C=O) groups is 1. The van der Waals surface area contributed by atoms with E-state index in [1.165, 1.54) is 5.56 Å². The lowest BCUT2D eigenvalue weighted by atomic mass is 9.87. The largest absolute Gasteiger partial charge is 0.321 e. The van der Waals surface area contributed by atoms with Crippen LogP contribution in [0.5, 0.6) is 0 Å². The fourth-order valence-electron chi connectivity index (χ4n) is 1.78. The van der Waals surface area contributed by atoms with Crippen molar-refractivity contribution in [1.29, 1.82) is 0 Å². The van der Waals surface area contributed by atoms with Crippen LogP contribution in [0, 0.1) is 5.41 Å². The highest BCUT2D eigenvalue weighted by atomic mass is 16.1. The van der Waals surface area contributed by atoms with Gasteiger partial charge in [-0.05, 0) is 23.8 Å². The Balaban J connectivity index is 2.40. The Labute approximate surface area is 104 Å². The predicted molar refractivity (Wildman–Crippen MR) is 71.8 cm³/mol. The van der Waals surface area contributed by atoms with Gasteiger partial charge in [-0.15, -0.1) is 0 Å². The molecule has 0 aliphatic rings. The molecule has 17 heavy (non-hydrogen) atoms. The summed E-state index contributed by atoms with van der Waals surface area (Å²) in [7, 11) is 0. The minimum atomic E-state index is -0.325. The molecule has 1 aromatic rings. The maximum absolute atomic E-state index is 11.9. The molecular formula is C15H23NO. The Morgan fingerprint density at radius 2 is 1.82 bits per heavy atom. The van der Waals surface area contributed by atoms with Crippen molar-refractivity contribution >= 4 is 5.78 Å². The van der Waals surface area contributed by atoms with Crippen LogP contribution in [0.3, 0.4) is 0 Å². The fraction of sp³-hybridized carbons (Fsp3) is 0.533. The minimum Gasteiger partial charge on any atom is -0.321 e. The lowest BCUT2D eigenvalue weighted by molar-refractivity contribution is -0.122. The minimum absolute atomic E-state index is 0.0292. The van der Waals surface area contributed by atoms with E-state index in [1.807, 2.05) is 18.2 Å². The summed E-state index contributed by atoms with van der Waals surface area (Å²) in [5.74, 6) is 0.174. The van der Waals surface area contributed by atoms with E-state index in [4.69, 9.17) is 5.73 Å². The Morgan fingerprint density at radius 3 is 2.35 bits per heavy atom. The third-order valence-electron chi connectivity index (χ3n) is 2.70. The first-order valence-corrected chi connectivity index (χ1v) is 6.21. The summed E-state index contributed by atoms with van der Waals surface area (Å²) in [5.41, 5.74) is 7.19. The molecule has 0 aliphatic carbocycles. The van der Waals surface area contributed by atoms with Gasteiger partial charge in [0.25, 0.3) is 0 Å². The topological polar surface area (TPSA) is 43.1 Å². The van der Waals surface area contributed by atoms with Crippen LogP contribution in [0.2, 0.25) is 0 Å². The number of hydrogen-bond donors (Lipinski definition) is 1. The van der Waals surface area contributed by atoms with Gasteiger partial charge in [0.05, 0.1) is 6.04 Å². The molecule has 94 valence electrons. The van der Waals surface area contributed by atoms with E-state index in [9.17, 15) is 4.79 Å². The van der Waals surface area contributed by atoms with Gasteiger partial charge in [0.2, 0.25) is 0 Å². The van der Waals surface area contributed by atoms with Crippen LogP contribution in [0.25, 0.3) is 0 Å². The predicted octanol–water partition coefficient (Wildman–Crippen LogP) is 2.95. The number of nitrogens with two attached hydrogens (primary N) is 1. The molecular weight excluding hydrogens is 210 g/mol. The molecule has 0 unspecified atom stereocenters. The first-order valence-electron chi connectivity index (χ1n) is 6.21. The molecule has 2 nitrogen and oxygen atoms in total. The first kappa shape index (κ1) is 13.9. The van der Waals surface area contributed by atoms with Crippen LogP contribution >= 0.6 is 0 Å². The number of aryl methyl sites for hydroxylation is 1. The summed E-state index contributed by atoms with van der Waals surface area (Å²) in [6.45, 7) is 6.19. The van der Waals surface area contributed by atoms with Crippen molar-refractivity contribution in [3.8, 4) is 0 Å². The van der Waals surface area contributed by atoms with Crippen LogP contribution in [-0.4, -0.2) is 11.8 Å². The molecule has 0 saturated heterocycles. The van der Waals surface area contributed by atoms with Crippen LogP contribution < -0.4 is 5.73 Å². The fourth-order valence-corrected chi connectivity index (χ4v) is 1.78. The quantitative estimate of drug-likeness (QED) is 0.849. The molecule has 0 amide bonds. The number of rotatable bonds is 5. The molecule has 0 spiro atoms. The first-order chi connectivity index (χ1) is 7.88. The standard InChI is InChI=1S/C15H23NO/c1-15(2,3)11-14(17)13(16)10-9-12-7-5-4-6-8-12/h4-8,13H,9-11,16H2,1-3H3/t13-/m0/s1. The summed E-state index contributed by atoms with van der Waals surface area (Å²) < 4.78 is 0. The SMILES string of the molecule is CC(C)(C)CC(=O)[C@@H](N)CCc1ccccc1. The second kappa shape index (κ2) is 5.97. The highest BCUT2D eigenvalue weighted by molar-refractivity contribution is 5.84. The summed E-state index contributed by atoms with van der Waals surface area (Å²) in [4.78, 5) is 11.9. The third-order valence-corrected chi connectivity index (χ3v) is 2.70. The van der Waals surface area contributed by atoms with Gasteiger partial charge in [0, 0.05) is 6.42 Å². The van der Waals surface area contributed by atoms with Crippen LogP contribution in [0.4, 0.5) is 0 Å². The molecule has 0 aromatic heterocycles. The number of ketones is 1. The Kier molecular flexibility index (Phi) is 4.88. The van der Waals surface area contributed by atoms with Crippen LogP contribution in [0.15, 0.2) is 30.3 Å². The number of benzene rings is 1. The molecule has 2 N–H and O–H groups in total. The second-order valence-corrected chi connectivity index (χ2v) is 5.83. The summed E-state index contributed by atoms with van der Waals surface area (Å²) in [6.07, 6.45) is 2.17. The maximum atomic E-state index is 11.9.